The first-order valence-electron chi connectivity index (χ1n) is 12.5. The molecule has 4 aromatic heterocycles. The van der Waals surface area contributed by atoms with E-state index in [2.05, 4.69) is 30.7 Å². The Labute approximate surface area is 224 Å². The molecule has 1 aliphatic rings. The lowest BCUT2D eigenvalue weighted by molar-refractivity contribution is -0.121. The van der Waals surface area contributed by atoms with Gasteiger partial charge >= 0.3 is 6.55 Å². The Morgan fingerprint density at radius 2 is 2.00 bits per heavy atom. The van der Waals surface area contributed by atoms with Crippen LogP contribution < -0.4 is 16.2 Å². The van der Waals surface area contributed by atoms with Gasteiger partial charge in [-0.3, -0.25) is 19.1 Å². The number of benzene rings is 1. The first kappa shape index (κ1) is 25.3. The van der Waals surface area contributed by atoms with E-state index in [1.807, 2.05) is 12.1 Å². The number of hydrogen-bond acceptors (Lipinski definition) is 6. The van der Waals surface area contributed by atoms with Crippen LogP contribution in [-0.2, 0) is 24.3 Å². The third kappa shape index (κ3) is 4.93. The van der Waals surface area contributed by atoms with Crippen LogP contribution in [0.1, 0.15) is 36.0 Å². The highest BCUT2D eigenvalue weighted by molar-refractivity contribution is 5.80. The number of alkyl halides is 2. The normalized spacial score (nSPS) is 14.8. The molecule has 13 heteroatoms. The molecule has 40 heavy (non-hydrogen) atoms. The zero-order valence-corrected chi connectivity index (χ0v) is 20.9. The molecule has 3 N–H and O–H groups in total. The lowest BCUT2D eigenvalue weighted by Crippen LogP contribution is -2.36. The number of carbonyl (C=O) groups is 1. The van der Waals surface area contributed by atoms with Crippen molar-refractivity contribution in [3.63, 3.8) is 0 Å². The predicted molar refractivity (Wildman–Crippen MR) is 140 cm³/mol. The molecule has 1 aliphatic heterocycles. The Kier molecular flexibility index (Phi) is 6.54. The fraction of sp³-hybridized carbons (Fsp3) is 0.222. The van der Waals surface area contributed by atoms with Crippen molar-refractivity contribution in [2.24, 2.45) is 0 Å². The highest BCUT2D eigenvalue weighted by Crippen LogP contribution is 2.31. The van der Waals surface area contributed by atoms with E-state index in [4.69, 9.17) is 0 Å². The van der Waals surface area contributed by atoms with E-state index in [1.54, 1.807) is 24.5 Å². The Morgan fingerprint density at radius 3 is 2.75 bits per heavy atom. The molecule has 0 saturated carbocycles. The number of amides is 1. The van der Waals surface area contributed by atoms with Crippen molar-refractivity contribution in [1.29, 1.82) is 0 Å². The van der Waals surface area contributed by atoms with Crippen molar-refractivity contribution in [2.45, 2.75) is 38.5 Å². The highest BCUT2D eigenvalue weighted by Gasteiger charge is 2.27. The van der Waals surface area contributed by atoms with Gasteiger partial charge in [0.05, 0.1) is 30.0 Å². The van der Waals surface area contributed by atoms with Crippen LogP contribution in [0.15, 0.2) is 66.0 Å². The van der Waals surface area contributed by atoms with E-state index in [1.165, 1.54) is 18.3 Å². The lowest BCUT2D eigenvalue weighted by atomic mass is 9.96. The number of aromatic amines is 1. The number of hydrogen-bond donors (Lipinski definition) is 3. The maximum Gasteiger partial charge on any atom is 0.333 e. The van der Waals surface area contributed by atoms with Crippen LogP contribution in [-0.4, -0.2) is 35.2 Å². The molecule has 0 radical (unpaired) electrons. The first-order chi connectivity index (χ1) is 19.4. The minimum atomic E-state index is -2.88. The van der Waals surface area contributed by atoms with Crippen LogP contribution >= 0.6 is 0 Å². The fourth-order valence-electron chi connectivity index (χ4n) is 4.85. The van der Waals surface area contributed by atoms with Crippen molar-refractivity contribution >= 4 is 22.5 Å². The molecule has 204 valence electrons. The summed E-state index contributed by atoms with van der Waals surface area (Å²) in [6.07, 6.45) is 6.62. The van der Waals surface area contributed by atoms with Crippen LogP contribution in [0, 0.1) is 5.82 Å². The topological polar surface area (TPSA) is 123 Å². The molecular formula is C27H23F3N8O2. The van der Waals surface area contributed by atoms with Gasteiger partial charge in [0.2, 0.25) is 5.91 Å². The summed E-state index contributed by atoms with van der Waals surface area (Å²) in [5, 5.41) is 10.5. The molecule has 5 heterocycles. The van der Waals surface area contributed by atoms with Gasteiger partial charge < -0.3 is 15.6 Å². The molecule has 5 aromatic rings. The molecule has 0 fully saturated rings. The Morgan fingerprint density at radius 1 is 1.18 bits per heavy atom. The SMILES string of the molecule is O=C(Cn1c(-c2cnn(C(F)F)c2)nc2c(c1=O)N[C@@H](c1ccc(F)cc1)CC2)NCc1cc2cnccc2[nH]1. The summed E-state index contributed by atoms with van der Waals surface area (Å²) < 4.78 is 41.5. The number of anilines is 1. The van der Waals surface area contributed by atoms with Crippen LogP contribution in [0.2, 0.25) is 0 Å². The third-order valence-electron chi connectivity index (χ3n) is 6.82. The Balaban J connectivity index is 1.31. The largest absolute Gasteiger partial charge is 0.372 e. The number of H-pyrrole nitrogens is 1. The van der Waals surface area contributed by atoms with E-state index in [0.29, 0.717) is 23.2 Å². The van der Waals surface area contributed by atoms with Crippen LogP contribution in [0.3, 0.4) is 0 Å². The maximum absolute atomic E-state index is 13.7. The summed E-state index contributed by atoms with van der Waals surface area (Å²) in [5.41, 5.74) is 2.73. The van der Waals surface area contributed by atoms with E-state index >= 15 is 0 Å². The van der Waals surface area contributed by atoms with Gasteiger partial charge in [-0.05, 0) is 42.7 Å². The van der Waals surface area contributed by atoms with E-state index < -0.39 is 24.6 Å². The minimum absolute atomic E-state index is 0.0597. The van der Waals surface area contributed by atoms with Gasteiger partial charge in [0.1, 0.15) is 23.9 Å². The van der Waals surface area contributed by atoms with E-state index in [0.717, 1.165) is 32.9 Å². The number of halogens is 3. The van der Waals surface area contributed by atoms with Crippen LogP contribution in [0.25, 0.3) is 22.3 Å². The van der Waals surface area contributed by atoms with E-state index in [9.17, 15) is 22.8 Å². The number of fused-ring (bicyclic) bond motifs is 2. The van der Waals surface area contributed by atoms with Gasteiger partial charge in [-0.1, -0.05) is 12.1 Å². The van der Waals surface area contributed by atoms with Gasteiger partial charge in [-0.25, -0.2) is 14.1 Å². The second kappa shape index (κ2) is 10.3. The number of rotatable bonds is 7. The summed E-state index contributed by atoms with van der Waals surface area (Å²) >= 11 is 0. The van der Waals surface area contributed by atoms with Gasteiger partial charge in [-0.2, -0.15) is 13.9 Å². The zero-order valence-electron chi connectivity index (χ0n) is 20.9. The Hall–Kier alpha value is -4.94. The van der Waals surface area contributed by atoms with Gasteiger partial charge in [-0.15, -0.1) is 0 Å². The van der Waals surface area contributed by atoms with Crippen molar-refractivity contribution in [1.82, 2.24) is 34.6 Å². The quantitative estimate of drug-likeness (QED) is 0.283. The lowest BCUT2D eigenvalue weighted by Gasteiger charge is -2.27. The number of pyridine rings is 1. The number of aryl methyl sites for hydroxylation is 1. The van der Waals surface area contributed by atoms with Crippen LogP contribution in [0.5, 0.6) is 0 Å². The summed E-state index contributed by atoms with van der Waals surface area (Å²) in [7, 11) is 0. The molecule has 1 atom stereocenters. The van der Waals surface area contributed by atoms with Crippen molar-refractivity contribution in [3.8, 4) is 11.4 Å². The van der Waals surface area contributed by atoms with Gasteiger partial charge in [0, 0.05) is 35.2 Å². The number of nitrogens with zero attached hydrogens (tertiary/aromatic N) is 5. The molecule has 1 amide bonds. The molecule has 0 unspecified atom stereocenters. The smallest absolute Gasteiger partial charge is 0.333 e. The second-order valence-corrected chi connectivity index (χ2v) is 9.46. The standard InChI is InChI=1S/C27H23F3N8O2/c28-18-3-1-15(2-4-18)20-5-6-22-24(35-20)26(40)37(25(36-22)17-11-33-38(13-17)27(29)30)14-23(39)32-12-19-9-16-10-31-8-7-21(16)34-19/h1-4,7-11,13,20,27,34-35H,5-6,12,14H2,(H,32,39)/t20-/m1/s1. The zero-order chi connectivity index (χ0) is 27.8. The monoisotopic (exact) mass is 548 g/mol. The molecule has 10 nitrogen and oxygen atoms in total. The molecule has 0 spiro atoms. The molecule has 0 saturated heterocycles. The van der Waals surface area contributed by atoms with Crippen molar-refractivity contribution < 1.29 is 18.0 Å². The number of nitrogens with one attached hydrogen (secondary N) is 3. The second-order valence-electron chi connectivity index (χ2n) is 9.46. The van der Waals surface area contributed by atoms with Gasteiger partial charge in [0.15, 0.2) is 0 Å². The number of aromatic nitrogens is 6. The number of carbonyl (C=O) groups excluding carboxylic acids is 1. The average molecular weight is 549 g/mol. The van der Waals surface area contributed by atoms with Gasteiger partial charge in [0.25, 0.3) is 5.56 Å². The minimum Gasteiger partial charge on any atom is -0.372 e. The third-order valence-corrected chi connectivity index (χ3v) is 6.82. The maximum atomic E-state index is 13.7. The summed E-state index contributed by atoms with van der Waals surface area (Å²) in [6.45, 7) is -3.11. The first-order valence-corrected chi connectivity index (χ1v) is 12.5. The fourth-order valence-corrected chi connectivity index (χ4v) is 4.85. The molecule has 0 aliphatic carbocycles. The van der Waals surface area contributed by atoms with E-state index in [-0.39, 0.29) is 35.5 Å². The average Bonchev–Trinajstić information content (AvgIpc) is 3.61. The molecule has 1 aromatic carbocycles. The van der Waals surface area contributed by atoms with Crippen molar-refractivity contribution in [3.05, 3.63) is 94.3 Å². The molecular weight excluding hydrogens is 525 g/mol. The predicted octanol–water partition coefficient (Wildman–Crippen LogP) is 3.93. The highest BCUT2D eigenvalue weighted by atomic mass is 19.3. The summed E-state index contributed by atoms with van der Waals surface area (Å²) in [5.74, 6) is -0.786. The summed E-state index contributed by atoms with van der Waals surface area (Å²) in [6, 6.07) is 9.39. The summed E-state index contributed by atoms with van der Waals surface area (Å²) in [4.78, 5) is 38.6. The Bertz CT molecular complexity index is 1730. The van der Waals surface area contributed by atoms with Crippen LogP contribution in [0.4, 0.5) is 18.9 Å². The molecule has 0 bridgehead atoms. The van der Waals surface area contributed by atoms with Crippen molar-refractivity contribution in [2.75, 3.05) is 5.32 Å². The molecule has 6 rings (SSSR count).